The quantitative estimate of drug-likeness (QED) is 0.162. The zero-order chi connectivity index (χ0) is 38.0. The van der Waals surface area contributed by atoms with Gasteiger partial charge in [0.25, 0.3) is 15.9 Å². The first-order valence-electron chi connectivity index (χ1n) is 18.4. The lowest BCUT2D eigenvalue weighted by atomic mass is 9.78. The van der Waals surface area contributed by atoms with Gasteiger partial charge in [0, 0.05) is 23.4 Å². The molecule has 282 valence electrons. The Balaban J connectivity index is 1.03. The Hall–Kier alpha value is -4.34. The SMILES string of the molecule is C[C@@H](O)[C@H]1C(=O)N2C(C(=O)O)=C(CN3c4cccc5cc(CC[N+]6(C)CC[N+](C)(CC(=O)Nc7ccc(CCN)cc7)CC6)cc(c45)S3(=O)=O)[C@H](C)[C@H]12. The van der Waals surface area contributed by atoms with Crippen molar-refractivity contribution in [3.8, 4) is 0 Å². The van der Waals surface area contributed by atoms with Crippen LogP contribution in [-0.4, -0.2) is 129 Å². The van der Waals surface area contributed by atoms with E-state index in [9.17, 15) is 33.0 Å². The van der Waals surface area contributed by atoms with Crippen LogP contribution in [0.2, 0.25) is 0 Å². The monoisotopic (exact) mass is 746 g/mol. The number of rotatable bonds is 12. The number of nitrogens with zero attached hydrogens (tertiary/aromatic N) is 4. The van der Waals surface area contributed by atoms with Crippen LogP contribution in [0, 0.1) is 11.8 Å². The van der Waals surface area contributed by atoms with Gasteiger partial charge in [-0.1, -0.05) is 37.3 Å². The van der Waals surface area contributed by atoms with Crippen molar-refractivity contribution in [2.24, 2.45) is 17.6 Å². The summed E-state index contributed by atoms with van der Waals surface area (Å²) >= 11 is 0. The van der Waals surface area contributed by atoms with Gasteiger partial charge in [-0.2, -0.15) is 0 Å². The van der Waals surface area contributed by atoms with E-state index in [0.29, 0.717) is 40.6 Å². The summed E-state index contributed by atoms with van der Waals surface area (Å²) in [6.07, 6.45) is 0.509. The number of carbonyl (C=O) groups is 3. The molecule has 4 aliphatic rings. The van der Waals surface area contributed by atoms with Gasteiger partial charge in [-0.25, -0.2) is 13.2 Å². The molecule has 4 aliphatic heterocycles. The summed E-state index contributed by atoms with van der Waals surface area (Å²) in [5, 5.41) is 24.9. The topological polar surface area (TPSA) is 170 Å². The number of carboxylic acids is 1. The number of anilines is 2. The zero-order valence-electron chi connectivity index (χ0n) is 30.8. The van der Waals surface area contributed by atoms with Crippen molar-refractivity contribution >= 4 is 50.0 Å². The zero-order valence-corrected chi connectivity index (χ0v) is 31.6. The number of aliphatic hydroxyl groups excluding tert-OH is 1. The standard InChI is InChI=1S/C39H48N6O7S/c1-24-30(37(39(49)50)43-36(24)34(25(2)46)38(43)48)22-42-31-7-5-6-28-20-27(21-32(35(28)31)53(42,51)52)13-15-44(3)16-18-45(4,19-17-44)23-33(47)41-29-10-8-26(9-11-29)12-14-40/h5-11,20-21,24-25,34,36,46H,12-19,22-23,40H2,1-4H3/p+2/t24-,25+,34+,36+,44?,45?/m0/s1. The van der Waals surface area contributed by atoms with Crippen molar-refractivity contribution in [3.63, 3.8) is 0 Å². The van der Waals surface area contributed by atoms with Gasteiger partial charge in [-0.15, -0.1) is 0 Å². The molecule has 2 fully saturated rings. The van der Waals surface area contributed by atoms with Crippen molar-refractivity contribution in [1.29, 1.82) is 0 Å². The Bertz CT molecular complexity index is 2130. The van der Waals surface area contributed by atoms with Gasteiger partial charge in [0.1, 0.15) is 31.9 Å². The predicted molar refractivity (Wildman–Crippen MR) is 201 cm³/mol. The van der Waals surface area contributed by atoms with Crippen LogP contribution in [-0.2, 0) is 37.2 Å². The number of fused-ring (bicyclic) bond motifs is 1. The van der Waals surface area contributed by atoms with Gasteiger partial charge in [0.2, 0.25) is 5.91 Å². The van der Waals surface area contributed by atoms with Gasteiger partial charge in [-0.05, 0) is 66.2 Å². The molecule has 13 nitrogen and oxygen atoms in total. The minimum absolute atomic E-state index is 0.0146. The number of hydrogen-bond donors (Lipinski definition) is 4. The number of aliphatic hydroxyl groups is 1. The molecule has 0 radical (unpaired) electrons. The van der Waals surface area contributed by atoms with Gasteiger partial charge in [0.15, 0.2) is 6.54 Å². The minimum Gasteiger partial charge on any atom is -0.477 e. The molecule has 0 aromatic heterocycles. The second-order valence-corrected chi connectivity index (χ2v) is 17.8. The van der Waals surface area contributed by atoms with E-state index in [1.807, 2.05) is 42.5 Å². The Morgan fingerprint density at radius 3 is 2.32 bits per heavy atom. The van der Waals surface area contributed by atoms with E-state index in [-0.39, 0.29) is 23.0 Å². The highest BCUT2D eigenvalue weighted by atomic mass is 32.2. The molecular formula is C39H50N6O7S+2. The second-order valence-electron chi connectivity index (χ2n) is 16.0. The number of carboxylic acid groups (broad SMARTS) is 1. The predicted octanol–water partition coefficient (Wildman–Crippen LogP) is 2.13. The van der Waals surface area contributed by atoms with Crippen LogP contribution < -0.4 is 15.4 Å². The van der Waals surface area contributed by atoms with Gasteiger partial charge in [-0.3, -0.25) is 13.9 Å². The van der Waals surface area contributed by atoms with E-state index in [1.54, 1.807) is 19.1 Å². The van der Waals surface area contributed by atoms with Crippen molar-refractivity contribution in [2.45, 2.75) is 43.7 Å². The number of carbonyl (C=O) groups excluding carboxylic acids is 2. The summed E-state index contributed by atoms with van der Waals surface area (Å²) in [5.74, 6) is -2.94. The number of β-lactam (4-membered cyclic amide) rings is 1. The highest BCUT2D eigenvalue weighted by Gasteiger charge is 2.60. The molecule has 4 atom stereocenters. The van der Waals surface area contributed by atoms with E-state index in [1.165, 1.54) is 16.1 Å². The van der Waals surface area contributed by atoms with Gasteiger partial charge in [0.05, 0.1) is 55.8 Å². The molecule has 5 N–H and O–H groups in total. The number of nitrogens with two attached hydrogens (primary N) is 1. The summed E-state index contributed by atoms with van der Waals surface area (Å²) < 4.78 is 31.3. The summed E-state index contributed by atoms with van der Waals surface area (Å²) in [6, 6.07) is 16.5. The molecule has 4 heterocycles. The number of benzene rings is 3. The molecule has 53 heavy (non-hydrogen) atoms. The molecule has 7 rings (SSSR count). The Morgan fingerprint density at radius 2 is 1.68 bits per heavy atom. The van der Waals surface area contributed by atoms with Crippen LogP contribution in [0.1, 0.15) is 25.0 Å². The normalized spacial score (nSPS) is 27.9. The fourth-order valence-electron chi connectivity index (χ4n) is 8.85. The first-order chi connectivity index (χ1) is 25.1. The molecule has 0 unspecified atom stereocenters. The molecule has 3 aromatic carbocycles. The van der Waals surface area contributed by atoms with Crippen molar-refractivity contribution in [2.75, 3.05) is 76.1 Å². The minimum atomic E-state index is -4.05. The average Bonchev–Trinajstić information content (AvgIpc) is 3.47. The fourth-order valence-corrected chi connectivity index (χ4v) is 10.6. The third kappa shape index (κ3) is 6.50. The number of likely N-dealkylation sites (N-methyl/N-ethyl adjacent to an activating group) is 2. The molecule has 14 heteroatoms. The second kappa shape index (κ2) is 13.5. The summed E-state index contributed by atoms with van der Waals surface area (Å²) in [4.78, 5) is 39.8. The number of amides is 2. The molecule has 0 bridgehead atoms. The van der Waals surface area contributed by atoms with Crippen LogP contribution >= 0.6 is 0 Å². The summed E-state index contributed by atoms with van der Waals surface area (Å²) in [5.41, 5.74) is 9.12. The number of hydrogen-bond acceptors (Lipinski definition) is 7. The van der Waals surface area contributed by atoms with Crippen LogP contribution in [0.15, 0.2) is 70.8 Å². The van der Waals surface area contributed by atoms with E-state index in [0.717, 1.165) is 65.8 Å². The van der Waals surface area contributed by atoms with Gasteiger partial charge >= 0.3 is 5.97 Å². The average molecular weight is 747 g/mol. The maximum absolute atomic E-state index is 14.3. The lowest BCUT2D eigenvalue weighted by molar-refractivity contribution is -1.01. The smallest absolute Gasteiger partial charge is 0.352 e. The van der Waals surface area contributed by atoms with Crippen molar-refractivity contribution < 1.29 is 42.0 Å². The molecule has 2 amide bonds. The van der Waals surface area contributed by atoms with Crippen LogP contribution in [0.3, 0.4) is 0 Å². The highest BCUT2D eigenvalue weighted by Crippen LogP contribution is 2.49. The molecule has 0 spiro atoms. The molecule has 0 saturated carbocycles. The van der Waals surface area contributed by atoms with E-state index in [4.69, 9.17) is 5.73 Å². The number of nitrogens with one attached hydrogen (secondary N) is 1. The number of aliphatic carboxylic acids is 1. The number of piperazine rings is 1. The number of sulfonamides is 1. The molecular weight excluding hydrogens is 697 g/mol. The first-order valence-corrected chi connectivity index (χ1v) is 19.8. The van der Waals surface area contributed by atoms with E-state index < -0.39 is 45.9 Å². The first kappa shape index (κ1) is 37.0. The molecule has 0 aliphatic carbocycles. The number of quaternary nitrogens is 2. The third-order valence-electron chi connectivity index (χ3n) is 12.1. The Kier molecular flexibility index (Phi) is 9.43. The lowest BCUT2D eigenvalue weighted by Gasteiger charge is -2.46. The van der Waals surface area contributed by atoms with Crippen LogP contribution in [0.4, 0.5) is 11.4 Å². The summed E-state index contributed by atoms with van der Waals surface area (Å²) in [7, 11) is 0.294. The highest BCUT2D eigenvalue weighted by molar-refractivity contribution is 7.93. The van der Waals surface area contributed by atoms with Crippen LogP contribution in [0.25, 0.3) is 10.8 Å². The maximum Gasteiger partial charge on any atom is 0.352 e. The maximum atomic E-state index is 14.3. The van der Waals surface area contributed by atoms with E-state index in [2.05, 4.69) is 19.4 Å². The summed E-state index contributed by atoms with van der Waals surface area (Å²) in [6.45, 7) is 8.31. The fraction of sp³-hybridized carbons (Fsp3) is 0.462. The molecule has 2 saturated heterocycles. The van der Waals surface area contributed by atoms with Crippen molar-refractivity contribution in [3.05, 3.63) is 77.0 Å². The van der Waals surface area contributed by atoms with Crippen LogP contribution in [0.5, 0.6) is 0 Å². The Morgan fingerprint density at radius 1 is 1.00 bits per heavy atom. The molecule has 3 aromatic rings. The van der Waals surface area contributed by atoms with E-state index >= 15 is 0 Å². The third-order valence-corrected chi connectivity index (χ3v) is 13.9. The Labute approximate surface area is 310 Å². The largest absolute Gasteiger partial charge is 0.477 e. The lowest BCUT2D eigenvalue weighted by Crippen LogP contribution is -2.65. The van der Waals surface area contributed by atoms with Gasteiger partial charge < -0.3 is 35.1 Å². The van der Waals surface area contributed by atoms with Crippen molar-refractivity contribution in [1.82, 2.24) is 4.90 Å².